The van der Waals surface area contributed by atoms with Gasteiger partial charge in [-0.2, -0.15) is 0 Å². The molecule has 0 aliphatic carbocycles. The highest BCUT2D eigenvalue weighted by Crippen LogP contribution is 2.24. The number of ether oxygens (including phenoxy) is 1. The van der Waals surface area contributed by atoms with Crippen LogP contribution in [0.5, 0.6) is 0 Å². The first-order valence-corrected chi connectivity index (χ1v) is 5.82. The lowest BCUT2D eigenvalue weighted by Gasteiger charge is -2.10. The van der Waals surface area contributed by atoms with Gasteiger partial charge in [-0.15, -0.1) is 0 Å². The molecular formula is C13H12ClNO3. The monoisotopic (exact) mass is 265 g/mol. The summed E-state index contributed by atoms with van der Waals surface area (Å²) in [7, 11) is 0. The SMILES string of the molecule is CC(=O)OCc1c(C)c(=O)[nH]c2c(Cl)cccc12. The minimum Gasteiger partial charge on any atom is -0.461 e. The maximum atomic E-state index is 11.8. The molecule has 0 aliphatic rings. The van der Waals surface area contributed by atoms with Gasteiger partial charge < -0.3 is 9.72 Å². The van der Waals surface area contributed by atoms with Crippen LogP contribution in [0.2, 0.25) is 5.02 Å². The van der Waals surface area contributed by atoms with Gasteiger partial charge in [-0.1, -0.05) is 23.7 Å². The summed E-state index contributed by atoms with van der Waals surface area (Å²) in [4.78, 5) is 25.4. The fourth-order valence-corrected chi connectivity index (χ4v) is 2.03. The predicted octanol–water partition coefficient (Wildman–Crippen LogP) is 2.55. The van der Waals surface area contributed by atoms with Crippen molar-refractivity contribution in [3.05, 3.63) is 44.7 Å². The predicted molar refractivity (Wildman–Crippen MR) is 69.8 cm³/mol. The molecule has 0 atom stereocenters. The molecule has 2 rings (SSSR count). The Hall–Kier alpha value is -1.81. The second kappa shape index (κ2) is 4.82. The lowest BCUT2D eigenvalue weighted by Crippen LogP contribution is -2.14. The topological polar surface area (TPSA) is 59.2 Å². The summed E-state index contributed by atoms with van der Waals surface area (Å²) in [6.07, 6.45) is 0. The third-order valence-corrected chi connectivity index (χ3v) is 3.11. The third kappa shape index (κ3) is 2.24. The van der Waals surface area contributed by atoms with Gasteiger partial charge in [-0.25, -0.2) is 0 Å². The van der Waals surface area contributed by atoms with E-state index in [1.165, 1.54) is 6.92 Å². The van der Waals surface area contributed by atoms with Crippen LogP contribution in [0.4, 0.5) is 0 Å². The van der Waals surface area contributed by atoms with Crippen LogP contribution in [0.1, 0.15) is 18.1 Å². The molecule has 1 N–H and O–H groups in total. The molecule has 1 heterocycles. The van der Waals surface area contributed by atoms with E-state index in [2.05, 4.69) is 4.98 Å². The minimum atomic E-state index is -0.384. The van der Waals surface area contributed by atoms with E-state index in [0.29, 0.717) is 21.7 Å². The van der Waals surface area contributed by atoms with Gasteiger partial charge in [0.15, 0.2) is 0 Å². The summed E-state index contributed by atoms with van der Waals surface area (Å²) in [5, 5.41) is 1.26. The average molecular weight is 266 g/mol. The van der Waals surface area contributed by atoms with E-state index in [-0.39, 0.29) is 18.1 Å². The van der Waals surface area contributed by atoms with Gasteiger partial charge in [0.1, 0.15) is 6.61 Å². The number of para-hydroxylation sites is 1. The summed E-state index contributed by atoms with van der Waals surface area (Å²) < 4.78 is 4.98. The quantitative estimate of drug-likeness (QED) is 0.849. The van der Waals surface area contributed by atoms with Gasteiger partial charge in [0.05, 0.1) is 10.5 Å². The van der Waals surface area contributed by atoms with Crippen molar-refractivity contribution in [3.8, 4) is 0 Å². The largest absolute Gasteiger partial charge is 0.461 e. The smallest absolute Gasteiger partial charge is 0.302 e. The summed E-state index contributed by atoms with van der Waals surface area (Å²) in [5.41, 5.74) is 1.56. The molecule has 4 nitrogen and oxygen atoms in total. The molecule has 0 bridgehead atoms. The van der Waals surface area contributed by atoms with Crippen LogP contribution >= 0.6 is 11.6 Å². The number of nitrogens with one attached hydrogen (secondary N) is 1. The van der Waals surface area contributed by atoms with Gasteiger partial charge in [-0.3, -0.25) is 9.59 Å². The lowest BCUT2D eigenvalue weighted by molar-refractivity contribution is -0.142. The van der Waals surface area contributed by atoms with E-state index in [9.17, 15) is 9.59 Å². The number of benzene rings is 1. The highest BCUT2D eigenvalue weighted by atomic mass is 35.5. The van der Waals surface area contributed by atoms with Crippen LogP contribution in [-0.4, -0.2) is 11.0 Å². The number of pyridine rings is 1. The Kier molecular flexibility index (Phi) is 3.39. The average Bonchev–Trinajstić information content (AvgIpc) is 2.31. The standard InChI is InChI=1S/C13H12ClNO3/c1-7-10(6-18-8(2)16)9-4-3-5-11(14)12(9)15-13(7)17/h3-5H,6H2,1-2H3,(H,15,17). The molecule has 94 valence electrons. The van der Waals surface area contributed by atoms with E-state index in [4.69, 9.17) is 16.3 Å². The number of H-pyrrole nitrogens is 1. The number of carbonyl (C=O) groups excluding carboxylic acids is 1. The van der Waals surface area contributed by atoms with Gasteiger partial charge in [0, 0.05) is 23.4 Å². The molecule has 5 heteroatoms. The summed E-state index contributed by atoms with van der Waals surface area (Å²) in [6.45, 7) is 3.09. The summed E-state index contributed by atoms with van der Waals surface area (Å²) >= 11 is 6.04. The van der Waals surface area contributed by atoms with Crippen molar-refractivity contribution in [2.45, 2.75) is 20.5 Å². The number of hydrogen-bond acceptors (Lipinski definition) is 3. The first kappa shape index (κ1) is 12.6. The Balaban J connectivity index is 2.69. The molecule has 0 saturated heterocycles. The van der Waals surface area contributed by atoms with Crippen molar-refractivity contribution in [2.24, 2.45) is 0 Å². The zero-order valence-electron chi connectivity index (χ0n) is 10.0. The maximum Gasteiger partial charge on any atom is 0.302 e. The van der Waals surface area contributed by atoms with Crippen molar-refractivity contribution in [1.82, 2.24) is 4.98 Å². The highest BCUT2D eigenvalue weighted by molar-refractivity contribution is 6.35. The molecule has 0 saturated carbocycles. The second-order valence-electron chi connectivity index (χ2n) is 4.00. The van der Waals surface area contributed by atoms with Crippen molar-refractivity contribution in [2.75, 3.05) is 0 Å². The Morgan fingerprint density at radius 2 is 2.17 bits per heavy atom. The molecular weight excluding hydrogens is 254 g/mol. The van der Waals surface area contributed by atoms with Crippen LogP contribution in [0, 0.1) is 6.92 Å². The number of esters is 1. The molecule has 0 fully saturated rings. The first-order chi connectivity index (χ1) is 8.50. The molecule has 0 amide bonds. The number of aromatic nitrogens is 1. The van der Waals surface area contributed by atoms with Gasteiger partial charge in [0.25, 0.3) is 5.56 Å². The van der Waals surface area contributed by atoms with Crippen molar-refractivity contribution < 1.29 is 9.53 Å². The van der Waals surface area contributed by atoms with Crippen LogP contribution < -0.4 is 5.56 Å². The maximum absolute atomic E-state index is 11.8. The first-order valence-electron chi connectivity index (χ1n) is 5.44. The zero-order valence-corrected chi connectivity index (χ0v) is 10.8. The summed E-state index contributed by atoms with van der Waals surface area (Å²) in [6, 6.07) is 5.33. The van der Waals surface area contributed by atoms with Crippen LogP contribution in [0.15, 0.2) is 23.0 Å². The minimum absolute atomic E-state index is 0.0714. The number of carbonyl (C=O) groups is 1. The van der Waals surface area contributed by atoms with Gasteiger partial charge >= 0.3 is 5.97 Å². The Labute approximate surface area is 109 Å². The summed E-state index contributed by atoms with van der Waals surface area (Å²) in [5.74, 6) is -0.384. The molecule has 0 unspecified atom stereocenters. The zero-order chi connectivity index (χ0) is 13.3. The molecule has 1 aromatic heterocycles. The van der Waals surface area contributed by atoms with E-state index in [1.54, 1.807) is 19.1 Å². The Morgan fingerprint density at radius 3 is 2.83 bits per heavy atom. The van der Waals surface area contributed by atoms with Crippen molar-refractivity contribution in [1.29, 1.82) is 0 Å². The third-order valence-electron chi connectivity index (χ3n) is 2.79. The highest BCUT2D eigenvalue weighted by Gasteiger charge is 2.11. The van der Waals surface area contributed by atoms with E-state index < -0.39 is 0 Å². The van der Waals surface area contributed by atoms with E-state index in [1.807, 2.05) is 6.07 Å². The van der Waals surface area contributed by atoms with E-state index in [0.717, 1.165) is 5.39 Å². The Bertz CT molecular complexity index is 676. The lowest BCUT2D eigenvalue weighted by atomic mass is 10.1. The van der Waals surface area contributed by atoms with Gasteiger partial charge in [-0.05, 0) is 13.0 Å². The molecule has 0 spiro atoms. The molecule has 18 heavy (non-hydrogen) atoms. The van der Waals surface area contributed by atoms with E-state index >= 15 is 0 Å². The molecule has 2 aromatic rings. The van der Waals surface area contributed by atoms with Crippen molar-refractivity contribution >= 4 is 28.5 Å². The second-order valence-corrected chi connectivity index (χ2v) is 4.41. The fourth-order valence-electron chi connectivity index (χ4n) is 1.81. The number of hydrogen-bond donors (Lipinski definition) is 1. The number of aromatic amines is 1. The number of halogens is 1. The fraction of sp³-hybridized carbons (Fsp3) is 0.231. The van der Waals surface area contributed by atoms with Crippen molar-refractivity contribution in [3.63, 3.8) is 0 Å². The van der Waals surface area contributed by atoms with Crippen LogP contribution in [0.25, 0.3) is 10.9 Å². The number of fused-ring (bicyclic) bond motifs is 1. The molecule has 0 aliphatic heterocycles. The number of rotatable bonds is 2. The normalized spacial score (nSPS) is 10.6. The van der Waals surface area contributed by atoms with Gasteiger partial charge in [0.2, 0.25) is 0 Å². The molecule has 0 radical (unpaired) electrons. The van der Waals surface area contributed by atoms with Crippen LogP contribution in [0.3, 0.4) is 0 Å². The Morgan fingerprint density at radius 1 is 1.44 bits per heavy atom. The van der Waals surface area contributed by atoms with Crippen LogP contribution in [-0.2, 0) is 16.1 Å². The molecule has 1 aromatic carbocycles.